The molecule has 16 heavy (non-hydrogen) atoms. The van der Waals surface area contributed by atoms with Crippen molar-refractivity contribution in [1.29, 1.82) is 0 Å². The molecule has 0 saturated heterocycles. The molecule has 88 valence electrons. The predicted octanol–water partition coefficient (Wildman–Crippen LogP) is 0.969. The summed E-state index contributed by atoms with van der Waals surface area (Å²) in [5.74, 6) is 0.841. The maximum Gasteiger partial charge on any atom is 0.221 e. The molecule has 1 amide bonds. The van der Waals surface area contributed by atoms with Crippen molar-refractivity contribution in [2.75, 3.05) is 13.7 Å². The first-order valence-corrected chi connectivity index (χ1v) is 5.27. The van der Waals surface area contributed by atoms with Gasteiger partial charge in [-0.15, -0.1) is 0 Å². The SMILES string of the molecule is COc1ccc(CNC(=O)CCN)cc1C. The van der Waals surface area contributed by atoms with Crippen LogP contribution in [0, 0.1) is 6.92 Å². The zero-order valence-corrected chi connectivity index (χ0v) is 9.75. The molecule has 0 unspecified atom stereocenters. The van der Waals surface area contributed by atoms with E-state index in [1.807, 2.05) is 25.1 Å². The first-order valence-electron chi connectivity index (χ1n) is 5.27. The molecule has 0 radical (unpaired) electrons. The number of carbonyl (C=O) groups excluding carboxylic acids is 1. The van der Waals surface area contributed by atoms with E-state index >= 15 is 0 Å². The summed E-state index contributed by atoms with van der Waals surface area (Å²) in [5.41, 5.74) is 7.41. The number of ether oxygens (including phenoxy) is 1. The van der Waals surface area contributed by atoms with Crippen molar-refractivity contribution >= 4 is 5.91 Å². The number of rotatable bonds is 5. The molecular formula is C12H18N2O2. The third-order valence-corrected chi connectivity index (χ3v) is 2.32. The largest absolute Gasteiger partial charge is 0.496 e. The smallest absolute Gasteiger partial charge is 0.221 e. The highest BCUT2D eigenvalue weighted by Crippen LogP contribution is 2.18. The van der Waals surface area contributed by atoms with E-state index in [1.54, 1.807) is 7.11 Å². The second-order valence-electron chi connectivity index (χ2n) is 3.62. The summed E-state index contributed by atoms with van der Waals surface area (Å²) in [5, 5.41) is 2.80. The van der Waals surface area contributed by atoms with Crippen molar-refractivity contribution in [3.05, 3.63) is 29.3 Å². The van der Waals surface area contributed by atoms with Gasteiger partial charge in [0.2, 0.25) is 5.91 Å². The summed E-state index contributed by atoms with van der Waals surface area (Å²) >= 11 is 0. The highest BCUT2D eigenvalue weighted by atomic mass is 16.5. The Hall–Kier alpha value is -1.55. The van der Waals surface area contributed by atoms with Crippen molar-refractivity contribution in [3.8, 4) is 5.75 Å². The lowest BCUT2D eigenvalue weighted by atomic mass is 10.1. The van der Waals surface area contributed by atoms with Crippen molar-refractivity contribution in [1.82, 2.24) is 5.32 Å². The summed E-state index contributed by atoms with van der Waals surface area (Å²) in [6.45, 7) is 2.89. The lowest BCUT2D eigenvalue weighted by Gasteiger charge is -2.08. The van der Waals surface area contributed by atoms with Gasteiger partial charge in [-0.2, -0.15) is 0 Å². The Balaban J connectivity index is 2.55. The Morgan fingerprint density at radius 1 is 1.50 bits per heavy atom. The molecule has 0 saturated carbocycles. The lowest BCUT2D eigenvalue weighted by Crippen LogP contribution is -2.24. The fourth-order valence-corrected chi connectivity index (χ4v) is 1.47. The van der Waals surface area contributed by atoms with E-state index < -0.39 is 0 Å². The van der Waals surface area contributed by atoms with Crippen LogP contribution in [-0.4, -0.2) is 19.6 Å². The van der Waals surface area contributed by atoms with Gasteiger partial charge in [0, 0.05) is 19.5 Å². The molecule has 1 aromatic carbocycles. The Morgan fingerprint density at radius 3 is 2.81 bits per heavy atom. The summed E-state index contributed by atoms with van der Waals surface area (Å²) in [4.78, 5) is 11.2. The van der Waals surface area contributed by atoms with E-state index in [2.05, 4.69) is 5.32 Å². The average molecular weight is 222 g/mol. The van der Waals surface area contributed by atoms with Crippen molar-refractivity contribution < 1.29 is 9.53 Å². The number of nitrogens with two attached hydrogens (primary N) is 1. The summed E-state index contributed by atoms with van der Waals surface area (Å²) in [6.07, 6.45) is 0.370. The molecule has 0 aromatic heterocycles. The van der Waals surface area contributed by atoms with Gasteiger partial charge < -0.3 is 15.8 Å². The molecule has 0 spiro atoms. The van der Waals surface area contributed by atoms with Gasteiger partial charge in [-0.25, -0.2) is 0 Å². The molecule has 0 fully saturated rings. The van der Waals surface area contributed by atoms with Crippen molar-refractivity contribution in [2.24, 2.45) is 5.73 Å². The van der Waals surface area contributed by atoms with E-state index in [-0.39, 0.29) is 5.91 Å². The molecule has 4 nitrogen and oxygen atoms in total. The maximum absolute atomic E-state index is 11.2. The standard InChI is InChI=1S/C12H18N2O2/c1-9-7-10(3-4-11(9)16-2)8-14-12(15)5-6-13/h3-4,7H,5-6,8,13H2,1-2H3,(H,14,15). The topological polar surface area (TPSA) is 64.3 Å². The monoisotopic (exact) mass is 222 g/mol. The summed E-state index contributed by atoms with van der Waals surface area (Å²) < 4.78 is 5.16. The molecular weight excluding hydrogens is 204 g/mol. The zero-order valence-electron chi connectivity index (χ0n) is 9.75. The van der Waals surface area contributed by atoms with Crippen molar-refractivity contribution in [3.63, 3.8) is 0 Å². The molecule has 0 aliphatic rings. The van der Waals surface area contributed by atoms with Crippen LogP contribution in [0.4, 0.5) is 0 Å². The normalized spacial score (nSPS) is 9.94. The van der Waals surface area contributed by atoms with Crippen LogP contribution in [0.1, 0.15) is 17.5 Å². The van der Waals surface area contributed by atoms with Crippen LogP contribution in [0.15, 0.2) is 18.2 Å². The van der Waals surface area contributed by atoms with Crippen LogP contribution in [0.25, 0.3) is 0 Å². The number of carbonyl (C=O) groups is 1. The van der Waals surface area contributed by atoms with Crippen LogP contribution < -0.4 is 15.8 Å². The van der Waals surface area contributed by atoms with Gasteiger partial charge >= 0.3 is 0 Å². The molecule has 3 N–H and O–H groups in total. The molecule has 4 heteroatoms. The first kappa shape index (κ1) is 12.5. The number of aryl methyl sites for hydroxylation is 1. The fourth-order valence-electron chi connectivity index (χ4n) is 1.47. The number of amides is 1. The Bertz CT molecular complexity index is 364. The highest BCUT2D eigenvalue weighted by molar-refractivity contribution is 5.76. The van der Waals surface area contributed by atoms with Crippen LogP contribution >= 0.6 is 0 Å². The fraction of sp³-hybridized carbons (Fsp3) is 0.417. The van der Waals surface area contributed by atoms with Gasteiger partial charge in [0.1, 0.15) is 5.75 Å². The van der Waals surface area contributed by atoms with E-state index in [0.29, 0.717) is 19.5 Å². The molecule has 0 heterocycles. The Kier molecular flexibility index (Phi) is 4.79. The number of benzene rings is 1. The minimum absolute atomic E-state index is 0.0176. The van der Waals surface area contributed by atoms with E-state index in [0.717, 1.165) is 16.9 Å². The third-order valence-electron chi connectivity index (χ3n) is 2.32. The quantitative estimate of drug-likeness (QED) is 0.780. The van der Waals surface area contributed by atoms with Crippen LogP contribution in [0.3, 0.4) is 0 Å². The molecule has 0 bridgehead atoms. The van der Waals surface area contributed by atoms with E-state index in [1.165, 1.54) is 0 Å². The number of hydrogen-bond donors (Lipinski definition) is 2. The van der Waals surface area contributed by atoms with Gasteiger partial charge in [-0.05, 0) is 24.1 Å². The zero-order chi connectivity index (χ0) is 12.0. The van der Waals surface area contributed by atoms with E-state index in [9.17, 15) is 4.79 Å². The molecule has 0 atom stereocenters. The first-order chi connectivity index (χ1) is 7.67. The van der Waals surface area contributed by atoms with Gasteiger partial charge in [-0.1, -0.05) is 12.1 Å². The predicted molar refractivity (Wildman–Crippen MR) is 63.2 cm³/mol. The maximum atomic E-state index is 11.2. The molecule has 0 aliphatic heterocycles. The third kappa shape index (κ3) is 3.55. The van der Waals surface area contributed by atoms with Gasteiger partial charge in [0.25, 0.3) is 0 Å². The Morgan fingerprint density at radius 2 is 2.25 bits per heavy atom. The van der Waals surface area contributed by atoms with Crippen LogP contribution in [0.2, 0.25) is 0 Å². The lowest BCUT2D eigenvalue weighted by molar-refractivity contribution is -0.121. The average Bonchev–Trinajstić information content (AvgIpc) is 2.27. The second kappa shape index (κ2) is 6.12. The van der Waals surface area contributed by atoms with Gasteiger partial charge in [-0.3, -0.25) is 4.79 Å². The van der Waals surface area contributed by atoms with Crippen LogP contribution in [0.5, 0.6) is 5.75 Å². The number of nitrogens with one attached hydrogen (secondary N) is 1. The molecule has 0 aliphatic carbocycles. The number of methoxy groups -OCH3 is 1. The minimum Gasteiger partial charge on any atom is -0.496 e. The summed E-state index contributed by atoms with van der Waals surface area (Å²) in [6, 6.07) is 5.84. The minimum atomic E-state index is -0.0176. The Labute approximate surface area is 95.8 Å². The molecule has 1 aromatic rings. The second-order valence-corrected chi connectivity index (χ2v) is 3.62. The van der Waals surface area contributed by atoms with E-state index in [4.69, 9.17) is 10.5 Å². The van der Waals surface area contributed by atoms with Gasteiger partial charge in [0.05, 0.1) is 7.11 Å². The van der Waals surface area contributed by atoms with Crippen LogP contribution in [-0.2, 0) is 11.3 Å². The van der Waals surface area contributed by atoms with Gasteiger partial charge in [0.15, 0.2) is 0 Å². The van der Waals surface area contributed by atoms with Crippen molar-refractivity contribution in [2.45, 2.75) is 19.9 Å². The summed E-state index contributed by atoms with van der Waals surface area (Å²) in [7, 11) is 1.64. The number of hydrogen-bond acceptors (Lipinski definition) is 3. The highest BCUT2D eigenvalue weighted by Gasteiger charge is 2.02. The molecule has 1 rings (SSSR count).